The molecule has 0 unspecified atom stereocenters. The molecule has 7 nitrogen and oxygen atoms in total. The Labute approximate surface area is 206 Å². The summed E-state index contributed by atoms with van der Waals surface area (Å²) in [5, 5.41) is 12.2. The highest BCUT2D eigenvalue weighted by atomic mass is 16.5. The Morgan fingerprint density at radius 3 is 2.29 bits per heavy atom. The zero-order chi connectivity index (χ0) is 24.9. The van der Waals surface area contributed by atoms with Crippen molar-refractivity contribution in [1.29, 1.82) is 0 Å². The first-order chi connectivity index (χ1) is 16.9. The number of hydrogen-bond donors (Lipinski definition) is 2. The number of fused-ring (bicyclic) bond motifs is 3. The number of carboxylic acid groups (broad SMARTS) is 1. The SMILES string of the molecule is CCC[C@H](CC(=O)N1CC[C@H](C(=O)O)C[C@@H]1C)NC(=O)OCC1c2ccccc2-c2ccccc21. The van der Waals surface area contributed by atoms with Crippen molar-refractivity contribution in [3.05, 3.63) is 59.7 Å². The van der Waals surface area contributed by atoms with Crippen molar-refractivity contribution in [3.63, 3.8) is 0 Å². The topological polar surface area (TPSA) is 95.9 Å². The van der Waals surface area contributed by atoms with Crippen LogP contribution >= 0.6 is 0 Å². The highest BCUT2D eigenvalue weighted by molar-refractivity contribution is 5.80. The molecule has 186 valence electrons. The Bertz CT molecular complexity index is 1040. The van der Waals surface area contributed by atoms with Crippen LogP contribution in [0.15, 0.2) is 48.5 Å². The van der Waals surface area contributed by atoms with E-state index in [0.29, 0.717) is 25.8 Å². The fourth-order valence-corrected chi connectivity index (χ4v) is 5.48. The van der Waals surface area contributed by atoms with Crippen LogP contribution in [0.1, 0.15) is 63.0 Å². The van der Waals surface area contributed by atoms with Crippen molar-refractivity contribution >= 4 is 18.0 Å². The number of amides is 2. The molecule has 0 bridgehead atoms. The molecule has 2 amide bonds. The number of hydrogen-bond acceptors (Lipinski definition) is 4. The maximum absolute atomic E-state index is 13.0. The van der Waals surface area contributed by atoms with Gasteiger partial charge in [0.15, 0.2) is 0 Å². The fourth-order valence-electron chi connectivity index (χ4n) is 5.48. The first-order valence-electron chi connectivity index (χ1n) is 12.5. The number of piperidine rings is 1. The molecule has 7 heteroatoms. The Morgan fingerprint density at radius 1 is 1.09 bits per heavy atom. The Hall–Kier alpha value is -3.35. The summed E-state index contributed by atoms with van der Waals surface area (Å²) in [5.74, 6) is -1.28. The Morgan fingerprint density at radius 2 is 1.71 bits per heavy atom. The van der Waals surface area contributed by atoms with E-state index in [1.54, 1.807) is 4.90 Å². The monoisotopic (exact) mass is 478 g/mol. The molecule has 2 aromatic carbocycles. The quantitative estimate of drug-likeness (QED) is 0.568. The van der Waals surface area contributed by atoms with Gasteiger partial charge in [-0.3, -0.25) is 9.59 Å². The molecule has 35 heavy (non-hydrogen) atoms. The third-order valence-corrected chi connectivity index (χ3v) is 7.27. The second kappa shape index (κ2) is 10.9. The summed E-state index contributed by atoms with van der Waals surface area (Å²) >= 11 is 0. The number of rotatable bonds is 8. The largest absolute Gasteiger partial charge is 0.481 e. The summed E-state index contributed by atoms with van der Waals surface area (Å²) < 4.78 is 5.66. The Balaban J connectivity index is 1.34. The molecule has 0 radical (unpaired) electrons. The molecule has 2 aromatic rings. The van der Waals surface area contributed by atoms with Crippen LogP contribution in [0.3, 0.4) is 0 Å². The van der Waals surface area contributed by atoms with Gasteiger partial charge in [-0.1, -0.05) is 61.9 Å². The lowest BCUT2D eigenvalue weighted by molar-refractivity contribution is -0.147. The molecule has 1 fully saturated rings. The second-order valence-electron chi connectivity index (χ2n) is 9.66. The molecule has 1 saturated heterocycles. The van der Waals surface area contributed by atoms with E-state index in [-0.39, 0.29) is 36.9 Å². The number of ether oxygens (including phenoxy) is 1. The smallest absolute Gasteiger partial charge is 0.407 e. The van der Waals surface area contributed by atoms with Gasteiger partial charge < -0.3 is 20.1 Å². The summed E-state index contributed by atoms with van der Waals surface area (Å²) in [6, 6.07) is 15.9. The first kappa shape index (κ1) is 24.8. The highest BCUT2D eigenvalue weighted by Gasteiger charge is 2.33. The predicted octanol–water partition coefficient (Wildman–Crippen LogP) is 4.80. The van der Waals surface area contributed by atoms with Gasteiger partial charge in [-0.2, -0.15) is 0 Å². The molecule has 2 aliphatic rings. The van der Waals surface area contributed by atoms with Gasteiger partial charge in [-0.05, 0) is 48.4 Å². The van der Waals surface area contributed by atoms with E-state index in [4.69, 9.17) is 4.74 Å². The van der Waals surface area contributed by atoms with Gasteiger partial charge in [0, 0.05) is 31.0 Å². The second-order valence-corrected chi connectivity index (χ2v) is 9.66. The Kier molecular flexibility index (Phi) is 7.73. The number of carbonyl (C=O) groups is 3. The van der Waals surface area contributed by atoms with E-state index in [1.165, 1.54) is 11.1 Å². The summed E-state index contributed by atoms with van der Waals surface area (Å²) in [4.78, 5) is 38.7. The van der Waals surface area contributed by atoms with Crippen LogP contribution in [0.4, 0.5) is 4.79 Å². The molecule has 1 aliphatic heterocycles. The van der Waals surface area contributed by atoms with E-state index in [9.17, 15) is 19.5 Å². The van der Waals surface area contributed by atoms with Gasteiger partial charge in [-0.25, -0.2) is 4.79 Å². The van der Waals surface area contributed by atoms with Crippen LogP contribution in [-0.4, -0.2) is 53.2 Å². The lowest BCUT2D eigenvalue weighted by Gasteiger charge is -2.37. The lowest BCUT2D eigenvalue weighted by atomic mass is 9.91. The summed E-state index contributed by atoms with van der Waals surface area (Å²) in [6.07, 6.45) is 2.06. The average Bonchev–Trinajstić information content (AvgIpc) is 3.16. The lowest BCUT2D eigenvalue weighted by Crippen LogP contribution is -2.48. The number of aliphatic carboxylic acids is 1. The van der Waals surface area contributed by atoms with Gasteiger partial charge >= 0.3 is 12.1 Å². The summed E-state index contributed by atoms with van der Waals surface area (Å²) in [5.41, 5.74) is 4.65. The molecule has 1 aliphatic carbocycles. The number of nitrogens with one attached hydrogen (secondary N) is 1. The molecule has 2 N–H and O–H groups in total. The standard InChI is InChI=1S/C28H34N2O5/c1-3-8-20(16-26(31)30-14-13-19(27(32)33)15-18(30)2)29-28(34)35-17-25-23-11-6-4-9-21(23)22-10-5-7-12-24(22)25/h4-7,9-12,18-20,25H,3,8,13-17H2,1-2H3,(H,29,34)(H,32,33)/t18-,19-,20+/m0/s1. The summed E-state index contributed by atoms with van der Waals surface area (Å²) in [6.45, 7) is 4.56. The molecule has 1 heterocycles. The van der Waals surface area contributed by atoms with E-state index >= 15 is 0 Å². The average molecular weight is 479 g/mol. The van der Waals surface area contributed by atoms with Crippen LogP contribution in [0.25, 0.3) is 11.1 Å². The van der Waals surface area contributed by atoms with Crippen LogP contribution in [0.2, 0.25) is 0 Å². The van der Waals surface area contributed by atoms with Crippen molar-refractivity contribution in [3.8, 4) is 11.1 Å². The van der Waals surface area contributed by atoms with Crippen LogP contribution in [0.5, 0.6) is 0 Å². The van der Waals surface area contributed by atoms with Crippen molar-refractivity contribution in [1.82, 2.24) is 10.2 Å². The third-order valence-electron chi connectivity index (χ3n) is 7.27. The van der Waals surface area contributed by atoms with Crippen molar-refractivity contribution in [2.45, 2.75) is 64.0 Å². The van der Waals surface area contributed by atoms with Gasteiger partial charge in [0.1, 0.15) is 6.61 Å². The van der Waals surface area contributed by atoms with Gasteiger partial charge in [0.2, 0.25) is 5.91 Å². The minimum atomic E-state index is -0.801. The van der Waals surface area contributed by atoms with Crippen molar-refractivity contribution < 1.29 is 24.2 Å². The molecular weight excluding hydrogens is 444 g/mol. The number of carboxylic acids is 1. The van der Waals surface area contributed by atoms with Gasteiger partial charge in [-0.15, -0.1) is 0 Å². The fraction of sp³-hybridized carbons (Fsp3) is 0.464. The van der Waals surface area contributed by atoms with E-state index in [2.05, 4.69) is 29.6 Å². The number of likely N-dealkylation sites (tertiary alicyclic amines) is 1. The molecular formula is C28H34N2O5. The van der Waals surface area contributed by atoms with Crippen LogP contribution in [-0.2, 0) is 14.3 Å². The molecule has 0 saturated carbocycles. The van der Waals surface area contributed by atoms with Gasteiger partial charge in [0.25, 0.3) is 0 Å². The molecule has 4 rings (SSSR count). The number of benzene rings is 2. The maximum atomic E-state index is 13.0. The zero-order valence-electron chi connectivity index (χ0n) is 20.4. The van der Waals surface area contributed by atoms with E-state index in [0.717, 1.165) is 17.5 Å². The van der Waals surface area contributed by atoms with Crippen LogP contribution in [0, 0.1) is 5.92 Å². The normalized spacial score (nSPS) is 20.0. The molecule has 3 atom stereocenters. The predicted molar refractivity (Wildman–Crippen MR) is 133 cm³/mol. The van der Waals surface area contributed by atoms with Crippen molar-refractivity contribution in [2.75, 3.05) is 13.2 Å². The minimum Gasteiger partial charge on any atom is -0.481 e. The maximum Gasteiger partial charge on any atom is 0.407 e. The third kappa shape index (κ3) is 5.50. The van der Waals surface area contributed by atoms with E-state index in [1.807, 2.05) is 38.1 Å². The number of carbonyl (C=O) groups excluding carboxylic acids is 2. The minimum absolute atomic E-state index is 0.0178. The summed E-state index contributed by atoms with van der Waals surface area (Å²) in [7, 11) is 0. The van der Waals surface area contributed by atoms with Crippen molar-refractivity contribution in [2.24, 2.45) is 5.92 Å². The number of nitrogens with zero attached hydrogens (tertiary/aromatic N) is 1. The number of alkyl carbamates (subject to hydrolysis) is 1. The van der Waals surface area contributed by atoms with Crippen LogP contribution < -0.4 is 5.32 Å². The zero-order valence-corrected chi connectivity index (χ0v) is 20.4. The van der Waals surface area contributed by atoms with Gasteiger partial charge in [0.05, 0.1) is 5.92 Å². The highest BCUT2D eigenvalue weighted by Crippen LogP contribution is 2.44. The molecule has 0 spiro atoms. The van der Waals surface area contributed by atoms with E-state index < -0.39 is 18.0 Å². The molecule has 0 aromatic heterocycles. The first-order valence-corrected chi connectivity index (χ1v) is 12.5.